The fraction of sp³-hybridized carbons (Fsp3) is 0.150. The minimum absolute atomic E-state index is 0.186. The first-order valence-electron chi connectivity index (χ1n) is 15.0. The Bertz CT molecular complexity index is 2000. The van der Waals surface area contributed by atoms with Gasteiger partial charge in [-0.2, -0.15) is 0 Å². The smallest absolute Gasteiger partial charge is 0.0215 e. The number of benzene rings is 6. The third-order valence-corrected chi connectivity index (χ3v) is 11.0. The zero-order valence-corrected chi connectivity index (χ0v) is 23.8. The lowest BCUT2D eigenvalue weighted by atomic mass is 9.67. The molecule has 0 nitrogen and oxygen atoms in total. The van der Waals surface area contributed by atoms with Gasteiger partial charge in [-0.1, -0.05) is 122 Å². The molecule has 1 aliphatic heterocycles. The van der Waals surface area contributed by atoms with Crippen LogP contribution in [0.15, 0.2) is 131 Å². The molecule has 0 aromatic heterocycles. The molecule has 0 unspecified atom stereocenters. The summed E-state index contributed by atoms with van der Waals surface area (Å²) in [6, 6.07) is 46.0. The van der Waals surface area contributed by atoms with Crippen LogP contribution in [0.1, 0.15) is 43.2 Å². The van der Waals surface area contributed by atoms with Crippen LogP contribution in [0, 0.1) is 0 Å². The van der Waals surface area contributed by atoms with Crippen LogP contribution in [0.25, 0.3) is 55.3 Å². The van der Waals surface area contributed by atoms with Crippen molar-refractivity contribution in [2.24, 2.45) is 0 Å². The van der Waals surface area contributed by atoms with Crippen molar-refractivity contribution in [2.45, 2.75) is 47.3 Å². The molecule has 1 spiro atoms. The summed E-state index contributed by atoms with van der Waals surface area (Å²) in [5, 5.41) is 2.70. The summed E-state index contributed by atoms with van der Waals surface area (Å²) >= 11 is 1.90. The van der Waals surface area contributed by atoms with Crippen molar-refractivity contribution < 1.29 is 0 Å². The van der Waals surface area contributed by atoms with Crippen molar-refractivity contribution in [3.05, 3.63) is 132 Å². The van der Waals surface area contributed by atoms with Gasteiger partial charge in [0.1, 0.15) is 0 Å². The summed E-state index contributed by atoms with van der Waals surface area (Å²) in [6.07, 6.45) is 6.54. The van der Waals surface area contributed by atoms with Gasteiger partial charge in [-0.3, -0.25) is 0 Å². The first kappa shape index (κ1) is 23.6. The van der Waals surface area contributed by atoms with Gasteiger partial charge in [0, 0.05) is 20.6 Å². The predicted octanol–water partition coefficient (Wildman–Crippen LogP) is 11.5. The first-order valence-corrected chi connectivity index (χ1v) is 15.8. The van der Waals surface area contributed by atoms with E-state index in [1.165, 1.54) is 97.2 Å². The van der Waals surface area contributed by atoms with Crippen LogP contribution < -0.4 is 0 Å². The minimum atomic E-state index is 0.186. The molecular formula is C40H30S. The second kappa shape index (κ2) is 8.96. The van der Waals surface area contributed by atoms with E-state index in [1.54, 1.807) is 11.1 Å². The molecule has 2 aliphatic carbocycles. The zero-order chi connectivity index (χ0) is 27.0. The second-order valence-corrected chi connectivity index (χ2v) is 13.1. The SMILES string of the molecule is c1cc(-c2ccc3c(c2)-c2cccc4cccc(c24)S3)cc(-c2ccc3c(c2)C2(CCCCC2)c2ccccc2-3)c1. The molecule has 3 aliphatic rings. The topological polar surface area (TPSA) is 0 Å². The summed E-state index contributed by atoms with van der Waals surface area (Å²) in [5.74, 6) is 0. The fourth-order valence-corrected chi connectivity index (χ4v) is 9.08. The second-order valence-electron chi connectivity index (χ2n) is 12.0. The lowest BCUT2D eigenvalue weighted by Crippen LogP contribution is -2.28. The number of rotatable bonds is 2. The van der Waals surface area contributed by atoms with E-state index < -0.39 is 0 Å². The van der Waals surface area contributed by atoms with Gasteiger partial charge in [0.25, 0.3) is 0 Å². The average molecular weight is 543 g/mol. The van der Waals surface area contributed by atoms with Crippen molar-refractivity contribution in [2.75, 3.05) is 0 Å². The molecule has 0 saturated heterocycles. The average Bonchev–Trinajstić information content (AvgIpc) is 3.30. The van der Waals surface area contributed by atoms with Crippen LogP contribution in [0.2, 0.25) is 0 Å². The summed E-state index contributed by atoms with van der Waals surface area (Å²) in [4.78, 5) is 2.70. The maximum absolute atomic E-state index is 2.53. The number of hydrogen-bond donors (Lipinski definition) is 0. The molecular weight excluding hydrogens is 513 g/mol. The van der Waals surface area contributed by atoms with Crippen LogP contribution in [0.3, 0.4) is 0 Å². The monoisotopic (exact) mass is 542 g/mol. The van der Waals surface area contributed by atoms with Gasteiger partial charge < -0.3 is 0 Å². The van der Waals surface area contributed by atoms with E-state index in [2.05, 4.69) is 121 Å². The highest BCUT2D eigenvalue weighted by Crippen LogP contribution is 2.56. The van der Waals surface area contributed by atoms with Crippen LogP contribution in [0.4, 0.5) is 0 Å². The van der Waals surface area contributed by atoms with Crippen molar-refractivity contribution in [1.82, 2.24) is 0 Å². The van der Waals surface area contributed by atoms with Gasteiger partial charge in [-0.05, 0) is 104 Å². The number of fused-ring (bicyclic) bond motifs is 7. The molecule has 0 bridgehead atoms. The fourth-order valence-electron chi connectivity index (χ4n) is 7.95. The minimum Gasteiger partial charge on any atom is -0.0888 e. The highest BCUT2D eigenvalue weighted by atomic mass is 32.2. The molecule has 0 atom stereocenters. The third kappa shape index (κ3) is 3.49. The van der Waals surface area contributed by atoms with Gasteiger partial charge >= 0.3 is 0 Å². The normalized spacial score (nSPS) is 15.9. The molecule has 0 radical (unpaired) electrons. The molecule has 1 fully saturated rings. The Morgan fingerprint density at radius 1 is 0.439 bits per heavy atom. The van der Waals surface area contributed by atoms with Crippen LogP contribution in [-0.4, -0.2) is 0 Å². The Labute approximate surface area is 246 Å². The molecule has 196 valence electrons. The molecule has 1 heterocycles. The Morgan fingerprint density at radius 3 is 2.00 bits per heavy atom. The molecule has 41 heavy (non-hydrogen) atoms. The summed E-state index contributed by atoms with van der Waals surface area (Å²) in [6.45, 7) is 0. The third-order valence-electron chi connectivity index (χ3n) is 9.86. The van der Waals surface area contributed by atoms with Crippen molar-refractivity contribution >= 4 is 22.5 Å². The van der Waals surface area contributed by atoms with Crippen molar-refractivity contribution in [3.63, 3.8) is 0 Å². The van der Waals surface area contributed by atoms with Crippen LogP contribution in [-0.2, 0) is 5.41 Å². The highest BCUT2D eigenvalue weighted by molar-refractivity contribution is 7.99. The van der Waals surface area contributed by atoms with E-state index in [1.807, 2.05) is 11.8 Å². The lowest BCUT2D eigenvalue weighted by molar-refractivity contribution is 0.353. The van der Waals surface area contributed by atoms with Crippen molar-refractivity contribution in [3.8, 4) is 44.5 Å². The molecule has 1 saturated carbocycles. The van der Waals surface area contributed by atoms with Crippen molar-refractivity contribution in [1.29, 1.82) is 0 Å². The summed E-state index contributed by atoms with van der Waals surface area (Å²) in [5.41, 5.74) is 14.1. The highest BCUT2D eigenvalue weighted by Gasteiger charge is 2.43. The van der Waals surface area contributed by atoms with E-state index >= 15 is 0 Å². The molecule has 0 N–H and O–H groups in total. The molecule has 6 aromatic rings. The van der Waals surface area contributed by atoms with Gasteiger partial charge in [-0.25, -0.2) is 0 Å². The largest absolute Gasteiger partial charge is 0.0888 e. The Kier molecular flexibility index (Phi) is 5.16. The zero-order valence-electron chi connectivity index (χ0n) is 23.0. The summed E-state index contributed by atoms with van der Waals surface area (Å²) < 4.78 is 0. The van der Waals surface area contributed by atoms with Gasteiger partial charge in [0.05, 0.1) is 0 Å². The molecule has 1 heteroatoms. The van der Waals surface area contributed by atoms with E-state index in [4.69, 9.17) is 0 Å². The Hall–Kier alpha value is -4.07. The maximum Gasteiger partial charge on any atom is 0.0215 e. The lowest BCUT2D eigenvalue weighted by Gasteiger charge is -2.36. The molecule has 9 rings (SSSR count). The van der Waals surface area contributed by atoms with E-state index in [-0.39, 0.29) is 5.41 Å². The maximum atomic E-state index is 2.53. The van der Waals surface area contributed by atoms with Crippen LogP contribution in [0.5, 0.6) is 0 Å². The van der Waals surface area contributed by atoms with E-state index in [0.29, 0.717) is 0 Å². The van der Waals surface area contributed by atoms with Gasteiger partial charge in [0.2, 0.25) is 0 Å². The first-order chi connectivity index (χ1) is 20.3. The number of hydrogen-bond acceptors (Lipinski definition) is 1. The molecule has 0 amide bonds. The van der Waals surface area contributed by atoms with Gasteiger partial charge in [0.15, 0.2) is 0 Å². The Morgan fingerprint density at radius 2 is 1.12 bits per heavy atom. The predicted molar refractivity (Wildman–Crippen MR) is 174 cm³/mol. The standard InChI is InChI=1S/C40H30S/c1-4-21-40(22-5-1)35-15-3-2-13-31(35)32-19-17-30(25-36(32)40)28-12-6-11-27(23-28)29-18-20-37-34(24-29)33-14-7-9-26-10-8-16-38(41-37)39(26)33/h2-3,6-20,23-25H,1,4-5,21-22H2. The summed E-state index contributed by atoms with van der Waals surface area (Å²) in [7, 11) is 0. The van der Waals surface area contributed by atoms with E-state index in [9.17, 15) is 0 Å². The quantitative estimate of drug-likeness (QED) is 0.209. The molecule has 6 aromatic carbocycles. The van der Waals surface area contributed by atoms with Gasteiger partial charge in [-0.15, -0.1) is 0 Å². The van der Waals surface area contributed by atoms with E-state index in [0.717, 1.165) is 0 Å². The Balaban J connectivity index is 1.14. The van der Waals surface area contributed by atoms with Crippen LogP contribution >= 0.6 is 11.8 Å².